The van der Waals surface area contributed by atoms with Crippen LogP contribution in [0.5, 0.6) is 0 Å². The van der Waals surface area contributed by atoms with E-state index >= 15 is 0 Å². The van der Waals surface area contributed by atoms with Crippen LogP contribution < -0.4 is 5.32 Å². The fourth-order valence-electron chi connectivity index (χ4n) is 2.99. The molecule has 0 saturated heterocycles. The molecule has 0 heterocycles. The number of nitro groups is 1. The third-order valence-electron chi connectivity index (χ3n) is 4.55. The van der Waals surface area contributed by atoms with Gasteiger partial charge in [-0.3, -0.25) is 19.7 Å². The third kappa shape index (κ3) is 5.84. The van der Waals surface area contributed by atoms with E-state index in [0.717, 1.165) is 0 Å². The van der Waals surface area contributed by atoms with Crippen LogP contribution in [0.25, 0.3) is 0 Å². The number of aryl methyl sites for hydroxylation is 1. The van der Waals surface area contributed by atoms with Crippen molar-refractivity contribution in [2.75, 3.05) is 5.32 Å². The summed E-state index contributed by atoms with van der Waals surface area (Å²) in [6.07, 6.45) is -1.51. The van der Waals surface area contributed by atoms with Crippen molar-refractivity contribution in [3.05, 3.63) is 104 Å². The SMILES string of the molecule is Cc1ccc(NC(=O)[C@H](OC(=O)Cc2ccc(Cl)cc2Cl)c2ccccc2)c([N+](=O)[O-])c1. The lowest BCUT2D eigenvalue weighted by Crippen LogP contribution is -2.26. The number of amides is 1. The standard InChI is InChI=1S/C23H18Cl2N2O5/c1-14-7-10-19(20(11-14)27(30)31)26-23(29)22(15-5-3-2-4-6-15)32-21(28)12-16-8-9-17(24)13-18(16)25/h2-11,13,22H,12H2,1H3,(H,26,29)/t22-/m1/s1. The molecule has 0 aliphatic heterocycles. The van der Waals surface area contributed by atoms with Crippen LogP contribution in [0.1, 0.15) is 22.8 Å². The maximum Gasteiger partial charge on any atom is 0.311 e. The second-order valence-corrected chi connectivity index (χ2v) is 7.80. The largest absolute Gasteiger partial charge is 0.447 e. The van der Waals surface area contributed by atoms with Crippen molar-refractivity contribution in [3.63, 3.8) is 0 Å². The number of carbonyl (C=O) groups excluding carboxylic acids is 2. The first-order valence-corrected chi connectivity index (χ1v) is 10.2. The molecule has 3 aromatic rings. The van der Waals surface area contributed by atoms with Crippen molar-refractivity contribution in [1.29, 1.82) is 0 Å². The minimum Gasteiger partial charge on any atom is -0.447 e. The van der Waals surface area contributed by atoms with Crippen molar-refractivity contribution in [1.82, 2.24) is 0 Å². The topological polar surface area (TPSA) is 98.5 Å². The summed E-state index contributed by atoms with van der Waals surface area (Å²) in [7, 11) is 0. The number of hydrogen-bond acceptors (Lipinski definition) is 5. The Morgan fingerprint density at radius 1 is 1.06 bits per heavy atom. The van der Waals surface area contributed by atoms with Crippen LogP contribution in [0.4, 0.5) is 11.4 Å². The molecule has 164 valence electrons. The quantitative estimate of drug-likeness (QED) is 0.271. The molecule has 0 radical (unpaired) electrons. The van der Waals surface area contributed by atoms with Gasteiger partial charge in [-0.05, 0) is 36.2 Å². The minimum absolute atomic E-state index is 0.00308. The number of ether oxygens (including phenoxy) is 1. The minimum atomic E-state index is -1.32. The van der Waals surface area contributed by atoms with Gasteiger partial charge in [-0.2, -0.15) is 0 Å². The lowest BCUT2D eigenvalue weighted by Gasteiger charge is -2.18. The molecule has 1 amide bonds. The zero-order valence-electron chi connectivity index (χ0n) is 16.9. The highest BCUT2D eigenvalue weighted by Gasteiger charge is 2.27. The zero-order valence-corrected chi connectivity index (χ0v) is 18.4. The molecule has 1 N–H and O–H groups in total. The molecule has 0 spiro atoms. The molecule has 32 heavy (non-hydrogen) atoms. The smallest absolute Gasteiger partial charge is 0.311 e. The summed E-state index contributed by atoms with van der Waals surface area (Å²) in [6.45, 7) is 1.70. The van der Waals surface area contributed by atoms with Crippen molar-refractivity contribution in [3.8, 4) is 0 Å². The molecule has 0 aliphatic carbocycles. The molecule has 7 nitrogen and oxygen atoms in total. The summed E-state index contributed by atoms with van der Waals surface area (Å²) in [5.41, 5.74) is 1.31. The Labute approximate surface area is 194 Å². The van der Waals surface area contributed by atoms with E-state index in [1.54, 1.807) is 55.5 Å². The lowest BCUT2D eigenvalue weighted by molar-refractivity contribution is -0.384. The number of carbonyl (C=O) groups is 2. The first-order valence-electron chi connectivity index (χ1n) is 9.49. The number of benzene rings is 3. The maximum absolute atomic E-state index is 13.0. The van der Waals surface area contributed by atoms with Gasteiger partial charge >= 0.3 is 5.97 Å². The first kappa shape index (κ1) is 23.2. The van der Waals surface area contributed by atoms with Gasteiger partial charge in [0.2, 0.25) is 6.10 Å². The molecular weight excluding hydrogens is 455 g/mol. The summed E-state index contributed by atoms with van der Waals surface area (Å²) in [6, 6.07) is 17.5. The van der Waals surface area contributed by atoms with E-state index < -0.39 is 22.9 Å². The number of hydrogen-bond donors (Lipinski definition) is 1. The van der Waals surface area contributed by atoms with Crippen molar-refractivity contribution in [2.45, 2.75) is 19.4 Å². The lowest BCUT2D eigenvalue weighted by atomic mass is 10.1. The van der Waals surface area contributed by atoms with Crippen LogP contribution >= 0.6 is 23.2 Å². The van der Waals surface area contributed by atoms with Crippen molar-refractivity contribution < 1.29 is 19.2 Å². The summed E-state index contributed by atoms with van der Waals surface area (Å²) in [4.78, 5) is 36.4. The Hall–Kier alpha value is -3.42. The van der Waals surface area contributed by atoms with Gasteiger partial charge in [-0.25, -0.2) is 0 Å². The van der Waals surface area contributed by atoms with E-state index in [4.69, 9.17) is 27.9 Å². The number of nitrogens with zero attached hydrogens (tertiary/aromatic N) is 1. The Morgan fingerprint density at radius 3 is 2.44 bits per heavy atom. The highest BCUT2D eigenvalue weighted by Crippen LogP contribution is 2.28. The molecule has 9 heteroatoms. The molecule has 0 aromatic heterocycles. The van der Waals surface area contributed by atoms with Crippen LogP contribution in [-0.4, -0.2) is 16.8 Å². The van der Waals surface area contributed by atoms with E-state index in [-0.39, 0.29) is 17.8 Å². The van der Waals surface area contributed by atoms with Gasteiger partial charge in [0.1, 0.15) is 5.69 Å². The van der Waals surface area contributed by atoms with Gasteiger partial charge in [0.15, 0.2) is 0 Å². The molecule has 0 fully saturated rings. The number of anilines is 1. The maximum atomic E-state index is 13.0. The van der Waals surface area contributed by atoms with Crippen LogP contribution in [-0.2, 0) is 20.7 Å². The van der Waals surface area contributed by atoms with Gasteiger partial charge in [0.05, 0.1) is 11.3 Å². The van der Waals surface area contributed by atoms with E-state index in [9.17, 15) is 19.7 Å². The third-order valence-corrected chi connectivity index (χ3v) is 5.13. The highest BCUT2D eigenvalue weighted by molar-refractivity contribution is 6.35. The number of nitro benzene ring substituents is 1. The van der Waals surface area contributed by atoms with Crippen molar-refractivity contribution >= 4 is 46.5 Å². The van der Waals surface area contributed by atoms with Gasteiger partial charge in [-0.15, -0.1) is 0 Å². The molecule has 0 unspecified atom stereocenters. The van der Waals surface area contributed by atoms with Gasteiger partial charge in [-0.1, -0.05) is 65.7 Å². The van der Waals surface area contributed by atoms with E-state index in [2.05, 4.69) is 5.32 Å². The monoisotopic (exact) mass is 472 g/mol. The summed E-state index contributed by atoms with van der Waals surface area (Å²) in [5.74, 6) is -1.42. The Bertz CT molecular complexity index is 1170. The Kier molecular flexibility index (Phi) is 7.45. The van der Waals surface area contributed by atoms with Gasteiger partial charge in [0.25, 0.3) is 11.6 Å². The fourth-order valence-corrected chi connectivity index (χ4v) is 3.47. The van der Waals surface area contributed by atoms with Crippen LogP contribution in [0.3, 0.4) is 0 Å². The molecule has 0 bridgehead atoms. The predicted molar refractivity (Wildman–Crippen MR) is 122 cm³/mol. The van der Waals surface area contributed by atoms with Gasteiger partial charge in [0, 0.05) is 21.7 Å². The number of rotatable bonds is 7. The predicted octanol–water partition coefficient (Wildman–Crippen LogP) is 5.68. The van der Waals surface area contributed by atoms with E-state index in [1.807, 2.05) is 0 Å². The molecule has 3 rings (SSSR count). The second-order valence-electron chi connectivity index (χ2n) is 6.96. The first-order chi connectivity index (χ1) is 15.2. The van der Waals surface area contributed by atoms with Crippen LogP contribution in [0.15, 0.2) is 66.7 Å². The molecular formula is C23H18Cl2N2O5. The molecule has 0 saturated carbocycles. The second kappa shape index (κ2) is 10.3. The fraction of sp³-hybridized carbons (Fsp3) is 0.130. The van der Waals surface area contributed by atoms with E-state index in [1.165, 1.54) is 18.2 Å². The number of esters is 1. The normalized spacial score (nSPS) is 11.5. The van der Waals surface area contributed by atoms with Crippen LogP contribution in [0, 0.1) is 17.0 Å². The summed E-state index contributed by atoms with van der Waals surface area (Å²) < 4.78 is 5.47. The Morgan fingerprint density at radius 2 is 1.78 bits per heavy atom. The number of halogens is 2. The van der Waals surface area contributed by atoms with Crippen LogP contribution in [0.2, 0.25) is 10.0 Å². The van der Waals surface area contributed by atoms with Gasteiger partial charge < -0.3 is 10.1 Å². The number of nitrogens with one attached hydrogen (secondary N) is 1. The average molecular weight is 473 g/mol. The molecule has 3 aromatic carbocycles. The summed E-state index contributed by atoms with van der Waals surface area (Å²) >= 11 is 12.0. The van der Waals surface area contributed by atoms with E-state index in [0.29, 0.717) is 26.7 Å². The Balaban J connectivity index is 1.84. The highest BCUT2D eigenvalue weighted by atomic mass is 35.5. The summed E-state index contributed by atoms with van der Waals surface area (Å²) in [5, 5.41) is 14.6. The molecule has 0 aliphatic rings. The zero-order chi connectivity index (χ0) is 23.3. The average Bonchev–Trinajstić information content (AvgIpc) is 2.75. The van der Waals surface area contributed by atoms with Crippen molar-refractivity contribution in [2.24, 2.45) is 0 Å². The molecule has 1 atom stereocenters.